The summed E-state index contributed by atoms with van der Waals surface area (Å²) in [6.07, 6.45) is -5.36. The lowest BCUT2D eigenvalue weighted by Gasteiger charge is -2.33. The number of fused-ring (bicyclic) bond motifs is 1. The third kappa shape index (κ3) is 4.26. The monoisotopic (exact) mass is 588 g/mol. The van der Waals surface area contributed by atoms with Gasteiger partial charge in [0.15, 0.2) is 0 Å². The zero-order valence-electron chi connectivity index (χ0n) is 18.1. The van der Waals surface area contributed by atoms with Crippen LogP contribution in [0.25, 0.3) is 10.8 Å². The van der Waals surface area contributed by atoms with E-state index in [4.69, 9.17) is 4.74 Å². The Labute approximate surface area is 205 Å². The number of anilines is 1. The molecule has 1 unspecified atom stereocenters. The quantitative estimate of drug-likeness (QED) is 0.413. The lowest BCUT2D eigenvalue weighted by molar-refractivity contribution is -0.253. The number of aliphatic hydroxyl groups is 1. The second-order valence-electron chi connectivity index (χ2n) is 8.43. The molecule has 2 aromatic carbocycles. The Bertz CT molecular complexity index is 1340. The van der Waals surface area contributed by atoms with Crippen LogP contribution in [-0.4, -0.2) is 35.1 Å². The van der Waals surface area contributed by atoms with Gasteiger partial charge in [-0.1, -0.05) is 11.2 Å². The summed E-state index contributed by atoms with van der Waals surface area (Å²) in [4.78, 5) is 24.7. The highest BCUT2D eigenvalue weighted by atomic mass is 127. The summed E-state index contributed by atoms with van der Waals surface area (Å²) in [6.45, 7) is 1.55. The summed E-state index contributed by atoms with van der Waals surface area (Å²) in [5, 5.41) is 17.0. The maximum atomic E-state index is 14.1. The molecule has 34 heavy (non-hydrogen) atoms. The van der Waals surface area contributed by atoms with Gasteiger partial charge in [0.2, 0.25) is 5.60 Å². The molecular formula is C23H20F3IN2O5. The predicted molar refractivity (Wildman–Crippen MR) is 126 cm³/mol. The van der Waals surface area contributed by atoms with Crippen LogP contribution in [-0.2, 0) is 10.2 Å². The van der Waals surface area contributed by atoms with Gasteiger partial charge in [0.25, 0.3) is 5.91 Å². The first-order valence-electron chi connectivity index (χ1n) is 10.3. The van der Waals surface area contributed by atoms with E-state index in [-0.39, 0.29) is 11.1 Å². The molecule has 1 atom stereocenters. The van der Waals surface area contributed by atoms with Crippen LogP contribution in [0.1, 0.15) is 30.5 Å². The van der Waals surface area contributed by atoms with Crippen LogP contribution < -0.4 is 15.7 Å². The Morgan fingerprint density at radius 1 is 1.24 bits per heavy atom. The van der Waals surface area contributed by atoms with Gasteiger partial charge in [0, 0.05) is 32.0 Å². The number of hydrogen-bond donors (Lipinski definition) is 2. The summed E-state index contributed by atoms with van der Waals surface area (Å²) < 4.78 is 53.3. The minimum Gasteiger partial charge on any atom is -0.496 e. The molecule has 11 heteroatoms. The number of carbonyl (C=O) groups is 1. The summed E-state index contributed by atoms with van der Waals surface area (Å²) >= 11 is 2.06. The summed E-state index contributed by atoms with van der Waals surface area (Å²) in [5.41, 5.74) is -4.61. The highest BCUT2D eigenvalue weighted by Gasteiger charge is 2.65. The SMILES string of the molecule is COc1cc(I)ccc1C1(CC(O)(C(=O)Nc2ccc3c(=O)onc(C)c3c2)C(F)(F)F)CC1. The molecule has 1 amide bonds. The molecule has 7 nitrogen and oxygen atoms in total. The molecule has 0 saturated heterocycles. The van der Waals surface area contributed by atoms with Crippen molar-refractivity contribution in [3.8, 4) is 5.75 Å². The normalized spacial score (nSPS) is 16.7. The van der Waals surface area contributed by atoms with Crippen LogP contribution >= 0.6 is 22.6 Å². The van der Waals surface area contributed by atoms with E-state index in [0.29, 0.717) is 35.2 Å². The molecule has 180 valence electrons. The van der Waals surface area contributed by atoms with E-state index in [1.54, 1.807) is 25.1 Å². The first-order valence-corrected chi connectivity index (χ1v) is 11.3. The van der Waals surface area contributed by atoms with Crippen LogP contribution in [0.15, 0.2) is 45.7 Å². The number of alkyl halides is 3. The van der Waals surface area contributed by atoms with Crippen molar-refractivity contribution >= 4 is 45.0 Å². The minimum absolute atomic E-state index is 0.0210. The average molecular weight is 588 g/mol. The third-order valence-electron chi connectivity index (χ3n) is 6.18. The smallest absolute Gasteiger partial charge is 0.426 e. The van der Waals surface area contributed by atoms with Crippen molar-refractivity contribution in [1.29, 1.82) is 0 Å². The molecule has 0 bridgehead atoms. The number of hydrogen-bond acceptors (Lipinski definition) is 6. The fourth-order valence-corrected chi connectivity index (χ4v) is 4.60. The van der Waals surface area contributed by atoms with E-state index in [1.807, 2.05) is 0 Å². The zero-order valence-corrected chi connectivity index (χ0v) is 20.3. The van der Waals surface area contributed by atoms with Crippen molar-refractivity contribution < 1.29 is 32.3 Å². The number of nitrogens with one attached hydrogen (secondary N) is 1. The number of amides is 1. The Balaban J connectivity index is 1.68. The van der Waals surface area contributed by atoms with Crippen molar-refractivity contribution in [1.82, 2.24) is 5.16 Å². The number of carbonyl (C=O) groups excluding carboxylic acids is 1. The summed E-state index contributed by atoms with van der Waals surface area (Å²) in [5.74, 6) is -1.20. The lowest BCUT2D eigenvalue weighted by Crippen LogP contribution is -2.56. The topological polar surface area (TPSA) is 102 Å². The molecule has 1 heterocycles. The third-order valence-corrected chi connectivity index (χ3v) is 6.85. The number of halogens is 4. The van der Waals surface area contributed by atoms with E-state index in [9.17, 15) is 27.9 Å². The van der Waals surface area contributed by atoms with E-state index in [0.717, 1.165) is 3.57 Å². The molecule has 1 fully saturated rings. The van der Waals surface area contributed by atoms with Crippen LogP contribution in [0.3, 0.4) is 0 Å². The first-order chi connectivity index (χ1) is 15.9. The van der Waals surface area contributed by atoms with Gasteiger partial charge < -0.3 is 19.7 Å². The maximum Gasteiger partial charge on any atom is 0.426 e. The average Bonchev–Trinajstić information content (AvgIpc) is 3.55. The number of rotatable bonds is 6. The molecule has 1 aliphatic rings. The van der Waals surface area contributed by atoms with Gasteiger partial charge in [-0.05, 0) is 72.7 Å². The molecular weight excluding hydrogens is 568 g/mol. The van der Waals surface area contributed by atoms with Gasteiger partial charge in [-0.2, -0.15) is 13.2 Å². The van der Waals surface area contributed by atoms with Gasteiger partial charge in [-0.3, -0.25) is 4.79 Å². The van der Waals surface area contributed by atoms with Crippen LogP contribution in [0, 0.1) is 10.5 Å². The van der Waals surface area contributed by atoms with Crippen molar-refractivity contribution in [2.45, 2.75) is 43.4 Å². The van der Waals surface area contributed by atoms with Crippen LogP contribution in [0.5, 0.6) is 5.75 Å². The molecule has 0 spiro atoms. The minimum atomic E-state index is -5.24. The Kier molecular flexibility index (Phi) is 6.13. The molecule has 1 aliphatic carbocycles. The van der Waals surface area contributed by atoms with Crippen LogP contribution in [0.4, 0.5) is 18.9 Å². The molecule has 3 aromatic rings. The Morgan fingerprint density at radius 2 is 1.94 bits per heavy atom. The van der Waals surface area contributed by atoms with Gasteiger partial charge >= 0.3 is 11.8 Å². The van der Waals surface area contributed by atoms with Crippen LogP contribution in [0.2, 0.25) is 0 Å². The number of benzene rings is 2. The molecule has 1 saturated carbocycles. The number of aromatic nitrogens is 1. The van der Waals surface area contributed by atoms with E-state index < -0.39 is 35.1 Å². The Hall–Kier alpha value is -2.67. The van der Waals surface area contributed by atoms with Gasteiger partial charge in [0.05, 0.1) is 18.2 Å². The van der Waals surface area contributed by atoms with Gasteiger partial charge in [0.1, 0.15) is 5.75 Å². The first kappa shape index (κ1) is 24.5. The second-order valence-corrected chi connectivity index (χ2v) is 9.68. The lowest BCUT2D eigenvalue weighted by atomic mass is 9.81. The molecule has 0 radical (unpaired) electrons. The highest BCUT2D eigenvalue weighted by molar-refractivity contribution is 14.1. The van der Waals surface area contributed by atoms with Crippen molar-refractivity contribution in [2.24, 2.45) is 0 Å². The van der Waals surface area contributed by atoms with Gasteiger partial charge in [-0.25, -0.2) is 4.79 Å². The second kappa shape index (κ2) is 8.52. The van der Waals surface area contributed by atoms with Crippen molar-refractivity contribution in [3.05, 3.63) is 61.6 Å². The standard InChI is InChI=1S/C23H20F3IN2O5/c1-12-16-10-14(4-5-15(16)19(30)34-29-12)28-20(31)22(32,23(24,25)26)11-21(7-8-21)17-6-3-13(27)9-18(17)33-2/h3-6,9-10,32H,7-8,11H2,1-2H3,(H,28,31). The van der Waals surface area contributed by atoms with E-state index in [2.05, 4.69) is 37.6 Å². The van der Waals surface area contributed by atoms with E-state index >= 15 is 0 Å². The number of aryl methyl sites for hydroxylation is 1. The molecule has 2 N–H and O–H groups in total. The fraction of sp³-hybridized carbons (Fsp3) is 0.348. The summed E-state index contributed by atoms with van der Waals surface area (Å²) in [6, 6.07) is 9.02. The zero-order chi connectivity index (χ0) is 24.9. The highest BCUT2D eigenvalue weighted by Crippen LogP contribution is 2.58. The van der Waals surface area contributed by atoms with Gasteiger partial charge in [-0.15, -0.1) is 0 Å². The Morgan fingerprint density at radius 3 is 2.56 bits per heavy atom. The number of methoxy groups -OCH3 is 1. The largest absolute Gasteiger partial charge is 0.496 e. The number of nitrogens with zero attached hydrogens (tertiary/aromatic N) is 1. The molecule has 1 aromatic heterocycles. The fourth-order valence-electron chi connectivity index (χ4n) is 4.14. The maximum absolute atomic E-state index is 14.1. The summed E-state index contributed by atoms with van der Waals surface area (Å²) in [7, 11) is 1.42. The van der Waals surface area contributed by atoms with Crippen molar-refractivity contribution in [3.63, 3.8) is 0 Å². The molecule has 4 rings (SSSR count). The van der Waals surface area contributed by atoms with E-state index in [1.165, 1.54) is 25.3 Å². The molecule has 0 aliphatic heterocycles. The predicted octanol–water partition coefficient (Wildman–Crippen LogP) is 4.46. The van der Waals surface area contributed by atoms with Crippen molar-refractivity contribution in [2.75, 3.05) is 12.4 Å². The number of ether oxygens (including phenoxy) is 1.